The lowest BCUT2D eigenvalue weighted by molar-refractivity contribution is -0.141. The van der Waals surface area contributed by atoms with Gasteiger partial charge in [-0.25, -0.2) is 18.4 Å². The lowest BCUT2D eigenvalue weighted by Gasteiger charge is -2.10. The zero-order chi connectivity index (χ0) is 16.5. The van der Waals surface area contributed by atoms with Gasteiger partial charge in [-0.1, -0.05) is 18.2 Å². The van der Waals surface area contributed by atoms with Crippen LogP contribution in [0.2, 0.25) is 0 Å². The molecule has 0 fully saturated rings. The number of sulfone groups is 1. The number of aromatic nitrogens is 2. The van der Waals surface area contributed by atoms with Gasteiger partial charge in [0, 0.05) is 11.8 Å². The van der Waals surface area contributed by atoms with E-state index in [9.17, 15) is 21.6 Å². The molecule has 9 heteroatoms. The molecule has 0 amide bonds. The third-order valence-electron chi connectivity index (χ3n) is 2.65. The van der Waals surface area contributed by atoms with E-state index in [1.807, 2.05) is 6.07 Å². The molecule has 0 saturated heterocycles. The summed E-state index contributed by atoms with van der Waals surface area (Å²) in [7, 11) is -4.04. The second kappa shape index (κ2) is 5.38. The summed E-state index contributed by atoms with van der Waals surface area (Å²) in [5, 5.41) is 8.06. The Hall–Kier alpha value is -2.47. The number of benzene rings is 1. The van der Waals surface area contributed by atoms with E-state index >= 15 is 0 Å². The number of hydrogen-bond acceptors (Lipinski definition) is 5. The SMILES string of the molecule is CS(=O)(=O)c1nc(-c2ccccc2C#N)cc(C(F)(F)F)n1. The van der Waals surface area contributed by atoms with Crippen molar-refractivity contribution in [2.75, 3.05) is 6.26 Å². The molecule has 0 bridgehead atoms. The minimum absolute atomic E-state index is 0.0776. The van der Waals surface area contributed by atoms with Crippen LogP contribution in [0.5, 0.6) is 0 Å². The highest BCUT2D eigenvalue weighted by atomic mass is 32.2. The van der Waals surface area contributed by atoms with Crippen LogP contribution in [-0.4, -0.2) is 24.6 Å². The number of nitriles is 1. The average Bonchev–Trinajstić information content (AvgIpc) is 2.45. The molecule has 0 spiro atoms. The van der Waals surface area contributed by atoms with Crippen LogP contribution in [0.25, 0.3) is 11.3 Å². The summed E-state index contributed by atoms with van der Waals surface area (Å²) >= 11 is 0. The Morgan fingerprint density at radius 3 is 2.36 bits per heavy atom. The second-order valence-electron chi connectivity index (χ2n) is 4.35. The molecule has 0 N–H and O–H groups in total. The van der Waals surface area contributed by atoms with Gasteiger partial charge in [0.2, 0.25) is 15.0 Å². The lowest BCUT2D eigenvalue weighted by atomic mass is 10.0. The molecule has 0 atom stereocenters. The summed E-state index contributed by atoms with van der Waals surface area (Å²) in [5.41, 5.74) is -1.48. The molecule has 1 aromatic carbocycles. The van der Waals surface area contributed by atoms with E-state index in [2.05, 4.69) is 9.97 Å². The smallest absolute Gasteiger partial charge is 0.221 e. The van der Waals surface area contributed by atoms with E-state index in [0.29, 0.717) is 12.3 Å². The van der Waals surface area contributed by atoms with Crippen LogP contribution in [0.1, 0.15) is 11.3 Å². The zero-order valence-electron chi connectivity index (χ0n) is 11.1. The lowest BCUT2D eigenvalue weighted by Crippen LogP contribution is -2.14. The van der Waals surface area contributed by atoms with Crippen molar-refractivity contribution in [2.45, 2.75) is 11.3 Å². The molecule has 0 aliphatic carbocycles. The maximum atomic E-state index is 12.9. The van der Waals surface area contributed by atoms with Gasteiger partial charge in [0.15, 0.2) is 0 Å². The minimum Gasteiger partial charge on any atom is -0.221 e. The fourth-order valence-corrected chi connectivity index (χ4v) is 2.21. The van der Waals surface area contributed by atoms with E-state index in [4.69, 9.17) is 5.26 Å². The quantitative estimate of drug-likeness (QED) is 0.791. The first-order valence-electron chi connectivity index (χ1n) is 5.79. The molecule has 2 rings (SSSR count). The highest BCUT2D eigenvalue weighted by molar-refractivity contribution is 7.90. The van der Waals surface area contributed by atoms with E-state index in [-0.39, 0.29) is 16.8 Å². The second-order valence-corrected chi connectivity index (χ2v) is 6.26. The van der Waals surface area contributed by atoms with Gasteiger partial charge in [-0.2, -0.15) is 18.4 Å². The number of nitrogens with zero attached hydrogens (tertiary/aromatic N) is 3. The molecule has 5 nitrogen and oxygen atoms in total. The van der Waals surface area contributed by atoms with Gasteiger partial charge in [-0.05, 0) is 12.1 Å². The van der Waals surface area contributed by atoms with Crippen molar-refractivity contribution >= 4 is 9.84 Å². The van der Waals surface area contributed by atoms with Gasteiger partial charge < -0.3 is 0 Å². The summed E-state index contributed by atoms with van der Waals surface area (Å²) in [6.07, 6.45) is -4.12. The van der Waals surface area contributed by atoms with Gasteiger partial charge >= 0.3 is 6.18 Å². The number of hydrogen-bond donors (Lipinski definition) is 0. The molecule has 0 unspecified atom stereocenters. The Morgan fingerprint density at radius 1 is 1.18 bits per heavy atom. The first kappa shape index (κ1) is 15.9. The Balaban J connectivity index is 2.80. The van der Waals surface area contributed by atoms with Crippen molar-refractivity contribution in [3.63, 3.8) is 0 Å². The Labute approximate surface area is 124 Å². The summed E-state index contributed by atoms with van der Waals surface area (Å²) < 4.78 is 61.6. The molecule has 2 aromatic rings. The van der Waals surface area contributed by atoms with Crippen molar-refractivity contribution in [3.05, 3.63) is 41.6 Å². The molecular weight excluding hydrogens is 319 g/mol. The monoisotopic (exact) mass is 327 g/mol. The predicted octanol–water partition coefficient (Wildman–Crippen LogP) is 2.44. The molecule has 0 aliphatic rings. The third kappa shape index (κ3) is 3.23. The number of alkyl halides is 3. The summed E-state index contributed by atoms with van der Waals surface area (Å²) in [5.74, 6) is 0. The molecular formula is C13H8F3N3O2S. The first-order valence-corrected chi connectivity index (χ1v) is 7.68. The topological polar surface area (TPSA) is 83.7 Å². The highest BCUT2D eigenvalue weighted by Crippen LogP contribution is 2.31. The van der Waals surface area contributed by atoms with Crippen molar-refractivity contribution in [3.8, 4) is 17.3 Å². The molecule has 0 radical (unpaired) electrons. The maximum absolute atomic E-state index is 12.9. The van der Waals surface area contributed by atoms with Crippen molar-refractivity contribution in [2.24, 2.45) is 0 Å². The van der Waals surface area contributed by atoms with Crippen LogP contribution in [0.15, 0.2) is 35.5 Å². The Morgan fingerprint density at radius 2 is 1.82 bits per heavy atom. The van der Waals surface area contributed by atoms with Crippen molar-refractivity contribution in [1.82, 2.24) is 9.97 Å². The molecule has 22 heavy (non-hydrogen) atoms. The van der Waals surface area contributed by atoms with Crippen LogP contribution < -0.4 is 0 Å². The molecule has 0 aliphatic heterocycles. The fraction of sp³-hybridized carbons (Fsp3) is 0.154. The van der Waals surface area contributed by atoms with E-state index < -0.39 is 26.9 Å². The fourth-order valence-electron chi connectivity index (χ4n) is 1.68. The van der Waals surface area contributed by atoms with Crippen LogP contribution in [0.3, 0.4) is 0 Å². The largest absolute Gasteiger partial charge is 0.433 e. The Bertz CT molecular complexity index is 871. The first-order chi connectivity index (χ1) is 10.1. The average molecular weight is 327 g/mol. The minimum atomic E-state index is -4.83. The predicted molar refractivity (Wildman–Crippen MR) is 70.3 cm³/mol. The zero-order valence-corrected chi connectivity index (χ0v) is 11.9. The molecule has 1 heterocycles. The van der Waals surface area contributed by atoms with Gasteiger partial charge in [0.25, 0.3) is 0 Å². The number of halogens is 3. The molecule has 0 saturated carbocycles. The molecule has 1 aromatic heterocycles. The van der Waals surface area contributed by atoms with Gasteiger partial charge in [-0.15, -0.1) is 0 Å². The van der Waals surface area contributed by atoms with Crippen LogP contribution >= 0.6 is 0 Å². The van der Waals surface area contributed by atoms with Gasteiger partial charge in [0.1, 0.15) is 5.69 Å². The standard InChI is InChI=1S/C13H8F3N3O2S/c1-22(20,21)12-18-10(6-11(19-12)13(14,15)16)9-5-3-2-4-8(9)7-17/h2-6H,1H3. The normalized spacial score (nSPS) is 12.0. The van der Waals surface area contributed by atoms with Crippen LogP contribution in [-0.2, 0) is 16.0 Å². The van der Waals surface area contributed by atoms with E-state index in [1.165, 1.54) is 24.3 Å². The molecule has 114 valence electrons. The highest BCUT2D eigenvalue weighted by Gasteiger charge is 2.35. The Kier molecular flexibility index (Phi) is 3.89. The summed E-state index contributed by atoms with van der Waals surface area (Å²) in [6, 6.07) is 8.25. The summed E-state index contributed by atoms with van der Waals surface area (Å²) in [4.78, 5) is 6.70. The van der Waals surface area contributed by atoms with Gasteiger partial charge in [-0.3, -0.25) is 0 Å². The van der Waals surface area contributed by atoms with Crippen molar-refractivity contribution < 1.29 is 21.6 Å². The number of rotatable bonds is 2. The van der Waals surface area contributed by atoms with Gasteiger partial charge in [0.05, 0.1) is 17.3 Å². The van der Waals surface area contributed by atoms with E-state index in [0.717, 1.165) is 0 Å². The van der Waals surface area contributed by atoms with Crippen LogP contribution in [0, 0.1) is 11.3 Å². The van der Waals surface area contributed by atoms with Crippen LogP contribution in [0.4, 0.5) is 13.2 Å². The van der Waals surface area contributed by atoms with E-state index in [1.54, 1.807) is 0 Å². The van der Waals surface area contributed by atoms with Crippen molar-refractivity contribution in [1.29, 1.82) is 5.26 Å². The summed E-state index contributed by atoms with van der Waals surface area (Å²) in [6.45, 7) is 0. The maximum Gasteiger partial charge on any atom is 0.433 e. The third-order valence-corrected chi connectivity index (χ3v) is 3.50.